The maximum absolute atomic E-state index is 6.12. The van der Waals surface area contributed by atoms with Gasteiger partial charge in [0.2, 0.25) is 0 Å². The smallest absolute Gasteiger partial charge is 0.0877 e. The van der Waals surface area contributed by atoms with E-state index in [0.717, 1.165) is 29.4 Å². The van der Waals surface area contributed by atoms with Crippen molar-refractivity contribution in [2.45, 2.75) is 19.3 Å². The van der Waals surface area contributed by atoms with Crippen LogP contribution in [0.25, 0.3) is 5.69 Å². The zero-order valence-electron chi connectivity index (χ0n) is 11.3. The monoisotopic (exact) mass is 287 g/mol. The second kappa shape index (κ2) is 6.14. The van der Waals surface area contributed by atoms with E-state index in [4.69, 9.17) is 11.6 Å². The molecule has 1 aliphatic rings. The third-order valence-electron chi connectivity index (χ3n) is 3.67. The van der Waals surface area contributed by atoms with E-state index in [1.54, 1.807) is 6.20 Å². The van der Waals surface area contributed by atoms with E-state index in [1.165, 1.54) is 12.8 Å². The number of halogens is 1. The zero-order chi connectivity index (χ0) is 13.8. The molecule has 0 saturated carbocycles. The van der Waals surface area contributed by atoms with Crippen LogP contribution in [0.1, 0.15) is 19.3 Å². The number of allylic oxidation sites excluding steroid dienone is 2. The van der Waals surface area contributed by atoms with Crippen LogP contribution in [0.2, 0.25) is 5.02 Å². The third-order valence-corrected chi connectivity index (χ3v) is 3.90. The van der Waals surface area contributed by atoms with Crippen LogP contribution in [0, 0.1) is 5.92 Å². The number of nitrogens with one attached hydrogen (secondary N) is 1. The Morgan fingerprint density at radius 1 is 1.35 bits per heavy atom. The fraction of sp³-hybridized carbons (Fsp3) is 0.312. The first-order chi connectivity index (χ1) is 9.83. The van der Waals surface area contributed by atoms with Crippen LogP contribution in [0.4, 0.5) is 5.69 Å². The van der Waals surface area contributed by atoms with Crippen molar-refractivity contribution < 1.29 is 0 Å². The summed E-state index contributed by atoms with van der Waals surface area (Å²) in [5, 5.41) is 8.57. The summed E-state index contributed by atoms with van der Waals surface area (Å²) in [6, 6.07) is 7.78. The first-order valence-electron chi connectivity index (χ1n) is 7.01. The lowest BCUT2D eigenvalue weighted by Gasteiger charge is -2.20. The van der Waals surface area contributed by atoms with E-state index in [1.807, 2.05) is 35.1 Å². The minimum Gasteiger partial charge on any atom is -0.383 e. The number of hydrogen-bond acceptors (Lipinski definition) is 2. The summed E-state index contributed by atoms with van der Waals surface area (Å²) in [5.41, 5.74) is 2.07. The van der Waals surface area contributed by atoms with Gasteiger partial charge in [0.05, 0.1) is 11.4 Å². The quantitative estimate of drug-likeness (QED) is 0.850. The molecular weight excluding hydrogens is 270 g/mol. The van der Waals surface area contributed by atoms with E-state index in [0.29, 0.717) is 5.92 Å². The highest BCUT2D eigenvalue weighted by Gasteiger charge is 2.11. The Balaban J connectivity index is 1.77. The molecule has 1 aliphatic carbocycles. The van der Waals surface area contributed by atoms with Gasteiger partial charge < -0.3 is 5.32 Å². The average molecular weight is 288 g/mol. The predicted octanol–water partition coefficient (Wildman–Crippen LogP) is 4.29. The number of aromatic nitrogens is 2. The maximum atomic E-state index is 6.12. The van der Waals surface area contributed by atoms with Crippen LogP contribution in [-0.4, -0.2) is 16.3 Å². The molecule has 0 aliphatic heterocycles. The molecule has 4 heteroatoms. The summed E-state index contributed by atoms with van der Waals surface area (Å²) in [4.78, 5) is 0. The molecule has 1 aromatic carbocycles. The molecule has 0 spiro atoms. The SMILES string of the molecule is Clc1ccc(-n2cccn2)c(NCC2CC=CCC2)c1. The molecule has 1 aromatic heterocycles. The number of benzene rings is 1. The summed E-state index contributed by atoms with van der Waals surface area (Å²) >= 11 is 6.12. The highest BCUT2D eigenvalue weighted by atomic mass is 35.5. The molecule has 0 amide bonds. The van der Waals surface area contributed by atoms with Gasteiger partial charge in [0.1, 0.15) is 0 Å². The van der Waals surface area contributed by atoms with Crippen LogP contribution in [0.15, 0.2) is 48.8 Å². The number of anilines is 1. The number of rotatable bonds is 4. The second-order valence-electron chi connectivity index (χ2n) is 5.14. The van der Waals surface area contributed by atoms with Crippen molar-refractivity contribution in [2.75, 3.05) is 11.9 Å². The van der Waals surface area contributed by atoms with Crippen LogP contribution in [-0.2, 0) is 0 Å². The van der Waals surface area contributed by atoms with Crippen molar-refractivity contribution in [1.29, 1.82) is 0 Å². The molecule has 0 fully saturated rings. The largest absolute Gasteiger partial charge is 0.383 e. The molecule has 1 N–H and O–H groups in total. The fourth-order valence-corrected chi connectivity index (χ4v) is 2.73. The van der Waals surface area contributed by atoms with Crippen LogP contribution >= 0.6 is 11.6 Å². The molecule has 0 saturated heterocycles. The van der Waals surface area contributed by atoms with Crippen molar-refractivity contribution in [2.24, 2.45) is 5.92 Å². The molecule has 1 heterocycles. The van der Waals surface area contributed by atoms with E-state index >= 15 is 0 Å². The Hall–Kier alpha value is -1.74. The highest BCUT2D eigenvalue weighted by molar-refractivity contribution is 6.31. The minimum absolute atomic E-state index is 0.699. The fourth-order valence-electron chi connectivity index (χ4n) is 2.56. The lowest BCUT2D eigenvalue weighted by Crippen LogP contribution is -2.16. The van der Waals surface area contributed by atoms with Crippen LogP contribution in [0.3, 0.4) is 0 Å². The standard InChI is InChI=1S/C16H18ClN3/c17-14-7-8-16(20-10-4-9-19-20)15(11-14)18-12-13-5-2-1-3-6-13/h1-2,4,7-11,13,18H,3,5-6,12H2. The Morgan fingerprint density at radius 3 is 3.05 bits per heavy atom. The molecule has 1 atom stereocenters. The van der Waals surface area contributed by atoms with Crippen molar-refractivity contribution >= 4 is 17.3 Å². The van der Waals surface area contributed by atoms with E-state index in [-0.39, 0.29) is 0 Å². The summed E-state index contributed by atoms with van der Waals surface area (Å²) < 4.78 is 1.86. The van der Waals surface area contributed by atoms with Gasteiger partial charge in [-0.1, -0.05) is 23.8 Å². The van der Waals surface area contributed by atoms with Gasteiger partial charge in [-0.2, -0.15) is 5.10 Å². The van der Waals surface area contributed by atoms with E-state index < -0.39 is 0 Å². The van der Waals surface area contributed by atoms with Crippen LogP contribution in [0.5, 0.6) is 0 Å². The minimum atomic E-state index is 0.699. The highest BCUT2D eigenvalue weighted by Crippen LogP contribution is 2.26. The molecule has 3 rings (SSSR count). The van der Waals surface area contributed by atoms with Crippen molar-refractivity contribution in [3.05, 3.63) is 53.8 Å². The first-order valence-corrected chi connectivity index (χ1v) is 7.39. The van der Waals surface area contributed by atoms with Gasteiger partial charge >= 0.3 is 0 Å². The van der Waals surface area contributed by atoms with Crippen molar-refractivity contribution in [3.63, 3.8) is 0 Å². The second-order valence-corrected chi connectivity index (χ2v) is 5.58. The van der Waals surface area contributed by atoms with Gasteiger partial charge in [0, 0.05) is 24.0 Å². The normalized spacial score (nSPS) is 18.1. The maximum Gasteiger partial charge on any atom is 0.0877 e. The topological polar surface area (TPSA) is 29.9 Å². The van der Waals surface area contributed by atoms with Crippen molar-refractivity contribution in [1.82, 2.24) is 9.78 Å². The first kappa shape index (κ1) is 13.3. The Bertz CT molecular complexity index is 590. The van der Waals surface area contributed by atoms with Gasteiger partial charge in [-0.3, -0.25) is 0 Å². The third kappa shape index (κ3) is 3.05. The molecular formula is C16H18ClN3. The zero-order valence-corrected chi connectivity index (χ0v) is 12.1. The summed E-state index contributed by atoms with van der Waals surface area (Å²) in [7, 11) is 0. The van der Waals surface area contributed by atoms with Gasteiger partial charge in [-0.25, -0.2) is 4.68 Å². The molecule has 0 bridgehead atoms. The summed E-state index contributed by atoms with van der Waals surface area (Å²) in [6.07, 6.45) is 11.9. The number of nitrogens with zero attached hydrogens (tertiary/aromatic N) is 2. The van der Waals surface area contributed by atoms with Gasteiger partial charge in [0.15, 0.2) is 0 Å². The number of hydrogen-bond donors (Lipinski definition) is 1. The van der Waals surface area contributed by atoms with E-state index in [2.05, 4.69) is 22.6 Å². The lowest BCUT2D eigenvalue weighted by atomic mass is 9.94. The molecule has 2 aromatic rings. The molecule has 0 radical (unpaired) electrons. The molecule has 1 unspecified atom stereocenters. The van der Waals surface area contributed by atoms with Crippen LogP contribution < -0.4 is 5.32 Å². The average Bonchev–Trinajstić information content (AvgIpc) is 3.00. The molecule has 20 heavy (non-hydrogen) atoms. The van der Waals surface area contributed by atoms with Crippen molar-refractivity contribution in [3.8, 4) is 5.69 Å². The van der Waals surface area contributed by atoms with Gasteiger partial charge in [-0.15, -0.1) is 0 Å². The lowest BCUT2D eigenvalue weighted by molar-refractivity contribution is 0.504. The molecule has 104 valence electrons. The predicted molar refractivity (Wildman–Crippen MR) is 83.5 cm³/mol. The summed E-state index contributed by atoms with van der Waals surface area (Å²) in [6.45, 7) is 0.971. The van der Waals surface area contributed by atoms with Gasteiger partial charge in [0.25, 0.3) is 0 Å². The Labute approximate surface area is 124 Å². The molecule has 3 nitrogen and oxygen atoms in total. The van der Waals surface area contributed by atoms with E-state index in [9.17, 15) is 0 Å². The van der Waals surface area contributed by atoms with Gasteiger partial charge in [-0.05, 0) is 49.4 Å². The summed E-state index contributed by atoms with van der Waals surface area (Å²) in [5.74, 6) is 0.699. The Kier molecular flexibility index (Phi) is 4.07. The Morgan fingerprint density at radius 2 is 2.30 bits per heavy atom.